The van der Waals surface area contributed by atoms with Crippen LogP contribution in [0.3, 0.4) is 0 Å². The van der Waals surface area contributed by atoms with Gasteiger partial charge in [0.25, 0.3) is 0 Å². The maximum atomic E-state index is 15.8. The quantitative estimate of drug-likeness (QED) is 0.102. The third-order valence-electron chi connectivity index (χ3n) is 10.8. The molecule has 0 bridgehead atoms. The molecule has 0 spiro atoms. The smallest absolute Gasteiger partial charge is 0.407 e. The fraction of sp³-hybridized carbons (Fsp3) is 0.522. The lowest BCUT2D eigenvalue weighted by molar-refractivity contribution is -0.233. The van der Waals surface area contributed by atoms with Crippen LogP contribution in [0.25, 0.3) is 0 Å². The second kappa shape index (κ2) is 20.9. The van der Waals surface area contributed by atoms with Gasteiger partial charge in [-0.1, -0.05) is 19.1 Å². The van der Waals surface area contributed by atoms with Crippen LogP contribution in [0.4, 0.5) is 22.4 Å². The number of carbonyl (C=O) groups is 4. The number of thioether (sulfide) groups is 1. The van der Waals surface area contributed by atoms with Crippen molar-refractivity contribution in [3.8, 4) is 5.75 Å². The minimum absolute atomic E-state index is 0.00385. The summed E-state index contributed by atoms with van der Waals surface area (Å²) < 4.78 is 101. The zero-order valence-corrected chi connectivity index (χ0v) is 37.5. The lowest BCUT2D eigenvalue weighted by Gasteiger charge is -2.44. The van der Waals surface area contributed by atoms with Gasteiger partial charge in [0, 0.05) is 63.5 Å². The van der Waals surface area contributed by atoms with Gasteiger partial charge in [-0.05, 0) is 86.9 Å². The van der Waals surface area contributed by atoms with E-state index in [1.54, 1.807) is 45.0 Å². The summed E-state index contributed by atoms with van der Waals surface area (Å²) in [6.07, 6.45) is -6.22. The fourth-order valence-corrected chi connectivity index (χ4v) is 9.20. The number of likely N-dealkylation sites (tertiary alicyclic amines) is 1. The Morgan fingerprint density at radius 1 is 0.812 bits per heavy atom. The number of ether oxygens (including phenoxy) is 7. The molecule has 13 nitrogen and oxygen atoms in total. The van der Waals surface area contributed by atoms with Crippen LogP contribution in [0.1, 0.15) is 95.8 Å². The van der Waals surface area contributed by atoms with E-state index < -0.39 is 94.9 Å². The molecule has 0 saturated carbocycles. The third-order valence-corrected chi connectivity index (χ3v) is 11.9. The van der Waals surface area contributed by atoms with Crippen molar-refractivity contribution >= 4 is 35.8 Å². The summed E-state index contributed by atoms with van der Waals surface area (Å²) in [7, 11) is 0. The number of alkyl carbamates (subject to hydrolysis) is 1. The first-order valence-electron chi connectivity index (χ1n) is 21.1. The highest BCUT2D eigenvalue weighted by Gasteiger charge is 2.53. The molecule has 348 valence electrons. The molecular formula is C46H54F4N2O11S. The van der Waals surface area contributed by atoms with Crippen molar-refractivity contribution in [1.29, 1.82) is 0 Å². The Bertz CT molecular complexity index is 2160. The summed E-state index contributed by atoms with van der Waals surface area (Å²) >= 11 is 1.20. The van der Waals surface area contributed by atoms with E-state index in [9.17, 15) is 28.0 Å². The minimum Gasteiger partial charge on any atom is -0.489 e. The van der Waals surface area contributed by atoms with Crippen molar-refractivity contribution in [2.45, 2.75) is 127 Å². The van der Waals surface area contributed by atoms with Crippen molar-refractivity contribution < 1.29 is 69.9 Å². The highest BCUT2D eigenvalue weighted by atomic mass is 32.2. The number of halogens is 4. The highest BCUT2D eigenvalue weighted by molar-refractivity contribution is 7.99. The molecule has 0 radical (unpaired) electrons. The highest BCUT2D eigenvalue weighted by Crippen LogP contribution is 2.42. The van der Waals surface area contributed by atoms with Crippen LogP contribution < -0.4 is 10.1 Å². The topological polar surface area (TPSA) is 148 Å². The Labute approximate surface area is 373 Å². The summed E-state index contributed by atoms with van der Waals surface area (Å²) in [5, 5.41) is 2.82. The van der Waals surface area contributed by atoms with Crippen molar-refractivity contribution in [3.63, 3.8) is 0 Å². The monoisotopic (exact) mass is 918 g/mol. The molecule has 64 heavy (non-hydrogen) atoms. The van der Waals surface area contributed by atoms with Gasteiger partial charge in [0.1, 0.15) is 58.4 Å². The Morgan fingerprint density at radius 2 is 1.47 bits per heavy atom. The van der Waals surface area contributed by atoms with Crippen LogP contribution in [0.15, 0.2) is 54.6 Å². The number of nitrogens with one attached hydrogen (secondary N) is 1. The lowest BCUT2D eigenvalue weighted by atomic mass is 9.91. The number of hydrogen-bond donors (Lipinski definition) is 1. The average molecular weight is 919 g/mol. The molecule has 3 saturated heterocycles. The van der Waals surface area contributed by atoms with Crippen molar-refractivity contribution in [2.75, 3.05) is 25.4 Å². The number of carbonyl (C=O) groups excluding carboxylic acids is 4. The molecule has 1 N–H and O–H groups in total. The first kappa shape index (κ1) is 48.5. The van der Waals surface area contributed by atoms with Gasteiger partial charge < -0.3 is 38.5 Å². The van der Waals surface area contributed by atoms with Gasteiger partial charge in [-0.2, -0.15) is 0 Å². The summed E-state index contributed by atoms with van der Waals surface area (Å²) in [5.74, 6) is -4.35. The molecule has 0 unspecified atom stereocenters. The van der Waals surface area contributed by atoms with E-state index in [0.29, 0.717) is 43.0 Å². The Balaban J connectivity index is 1.13. The zero-order valence-electron chi connectivity index (χ0n) is 36.7. The number of amides is 1. The molecule has 1 amide bonds. The van der Waals surface area contributed by atoms with E-state index in [1.807, 2.05) is 6.92 Å². The van der Waals surface area contributed by atoms with Gasteiger partial charge in [-0.15, -0.1) is 11.8 Å². The third kappa shape index (κ3) is 12.5. The predicted molar refractivity (Wildman–Crippen MR) is 225 cm³/mol. The molecule has 3 fully saturated rings. The van der Waals surface area contributed by atoms with E-state index in [4.69, 9.17) is 33.2 Å². The van der Waals surface area contributed by atoms with Crippen molar-refractivity contribution in [2.24, 2.45) is 0 Å². The Kier molecular flexibility index (Phi) is 15.9. The molecule has 3 aromatic carbocycles. The summed E-state index contributed by atoms with van der Waals surface area (Å²) in [4.78, 5) is 51.7. The normalized spacial score (nSPS) is 26.1. The van der Waals surface area contributed by atoms with Crippen LogP contribution >= 0.6 is 11.8 Å². The molecule has 9 atom stereocenters. The number of rotatable bonds is 13. The first-order chi connectivity index (χ1) is 30.3. The van der Waals surface area contributed by atoms with Gasteiger partial charge in [0.15, 0.2) is 18.3 Å². The fourth-order valence-electron chi connectivity index (χ4n) is 8.27. The van der Waals surface area contributed by atoms with Gasteiger partial charge in [0.2, 0.25) is 0 Å². The van der Waals surface area contributed by atoms with Gasteiger partial charge in [-0.3, -0.25) is 19.3 Å². The molecule has 18 heteroatoms. The summed E-state index contributed by atoms with van der Waals surface area (Å²) in [6, 6.07) is 11.2. The van der Waals surface area contributed by atoms with E-state index in [1.165, 1.54) is 17.8 Å². The van der Waals surface area contributed by atoms with E-state index in [0.717, 1.165) is 45.0 Å². The predicted octanol–water partition coefficient (Wildman–Crippen LogP) is 7.66. The second-order valence-corrected chi connectivity index (χ2v) is 18.3. The minimum atomic E-state index is -1.46. The van der Waals surface area contributed by atoms with Gasteiger partial charge in [0.05, 0.1) is 12.6 Å². The molecule has 3 aliphatic heterocycles. The van der Waals surface area contributed by atoms with Crippen LogP contribution in [0.5, 0.6) is 5.75 Å². The standard InChI is InChI=1S/C46H54F4N2O11S/c1-8-64-44-43(60-26(4)55)42(59-25(3)54)41(58-24(2)53)40(62-44)33-18-28(36(49)21-37(33)50)17-27-9-12-31(13-10-27)61-32-15-16-52(22-32)30-20-38(51-45(56)63-46(5,6)7)39(57-23-30)34-19-29(47)11-14-35(34)48/h9-14,18-19,21,30,32,38-44H,8,15-17,20,22-23H2,1-7H3,(H,51,56)/t30-,32-,38+,39-,40+,41+,42-,43+,44-/m1/s1. The van der Waals surface area contributed by atoms with E-state index >= 15 is 8.78 Å². The van der Waals surface area contributed by atoms with Crippen LogP contribution in [-0.2, 0) is 49.2 Å². The maximum Gasteiger partial charge on any atom is 0.407 e. The molecule has 3 aliphatic rings. The Morgan fingerprint density at radius 3 is 2.12 bits per heavy atom. The SMILES string of the molecule is CCS[C@H]1O[C@@H](c2cc(Cc3ccc(O[C@@H]4CCN([C@H]5CO[C@H](c6cc(F)ccc6F)[C@@H](NC(=O)OC(C)(C)C)C5)C4)cc3)c(F)cc2F)[C@H](OC(C)=O)[C@@H](OC(C)=O)[C@@H]1OC(C)=O. The van der Waals surface area contributed by atoms with E-state index in [-0.39, 0.29) is 41.9 Å². The number of hydrogen-bond acceptors (Lipinski definition) is 13. The largest absolute Gasteiger partial charge is 0.489 e. The number of benzene rings is 3. The summed E-state index contributed by atoms with van der Waals surface area (Å²) in [6.45, 7) is 11.8. The van der Waals surface area contributed by atoms with Gasteiger partial charge >= 0.3 is 24.0 Å². The molecular weight excluding hydrogens is 865 g/mol. The first-order valence-corrected chi connectivity index (χ1v) is 22.2. The zero-order chi connectivity index (χ0) is 46.5. The second-order valence-electron chi connectivity index (χ2n) is 17.0. The number of nitrogens with zero attached hydrogens (tertiary/aromatic N) is 1. The van der Waals surface area contributed by atoms with E-state index in [2.05, 4.69) is 10.2 Å². The molecule has 3 aromatic rings. The van der Waals surface area contributed by atoms with Crippen LogP contribution in [-0.4, -0.2) is 102 Å². The average Bonchev–Trinajstić information content (AvgIpc) is 3.67. The van der Waals surface area contributed by atoms with Crippen LogP contribution in [0, 0.1) is 23.3 Å². The summed E-state index contributed by atoms with van der Waals surface area (Å²) in [5.41, 5.74) is -1.14. The van der Waals surface area contributed by atoms with Crippen LogP contribution in [0.2, 0.25) is 0 Å². The maximum absolute atomic E-state index is 15.8. The molecule has 3 heterocycles. The van der Waals surface area contributed by atoms with Crippen molar-refractivity contribution in [3.05, 3.63) is 100 Å². The molecule has 6 rings (SSSR count). The molecule has 0 aliphatic carbocycles. The van der Waals surface area contributed by atoms with Gasteiger partial charge in [-0.25, -0.2) is 22.4 Å². The Hall–Kier alpha value is -4.91. The van der Waals surface area contributed by atoms with Crippen molar-refractivity contribution in [1.82, 2.24) is 10.2 Å². The molecule has 0 aromatic heterocycles. The number of esters is 3. The lowest BCUT2D eigenvalue weighted by Crippen LogP contribution is -2.57.